The average molecular weight is 355 g/mol. The fourth-order valence-electron chi connectivity index (χ4n) is 3.77. The lowest BCUT2D eigenvalue weighted by molar-refractivity contribution is 0.794. The average Bonchev–Trinajstić information content (AvgIpc) is 3.25. The summed E-state index contributed by atoms with van der Waals surface area (Å²) in [5.74, 6) is 0.516. The lowest BCUT2D eigenvalue weighted by atomic mass is 10.2. The summed E-state index contributed by atoms with van der Waals surface area (Å²) in [7, 11) is 0. The van der Waals surface area contributed by atoms with Gasteiger partial charge in [-0.15, -0.1) is 0 Å². The molecule has 6 heteroatoms. The van der Waals surface area contributed by atoms with Gasteiger partial charge in [-0.05, 0) is 49.6 Å². The van der Waals surface area contributed by atoms with Gasteiger partial charge < -0.3 is 9.55 Å². The molecule has 27 heavy (non-hydrogen) atoms. The van der Waals surface area contributed by atoms with Crippen molar-refractivity contribution >= 4 is 21.7 Å². The molecule has 6 nitrogen and oxygen atoms in total. The van der Waals surface area contributed by atoms with Crippen molar-refractivity contribution < 1.29 is 0 Å². The van der Waals surface area contributed by atoms with Crippen LogP contribution in [0.4, 0.5) is 0 Å². The number of H-pyrrole nitrogens is 1. The van der Waals surface area contributed by atoms with Crippen molar-refractivity contribution in [1.82, 2.24) is 24.3 Å². The zero-order valence-corrected chi connectivity index (χ0v) is 15.0. The third kappa shape index (κ3) is 2.23. The zero-order valence-electron chi connectivity index (χ0n) is 15.0. The number of hydrogen-bond acceptors (Lipinski definition) is 3. The molecule has 0 atom stereocenters. The van der Waals surface area contributed by atoms with Crippen LogP contribution in [0, 0.1) is 13.8 Å². The van der Waals surface area contributed by atoms with E-state index in [1.165, 1.54) is 4.68 Å². The summed E-state index contributed by atoms with van der Waals surface area (Å²) in [6.45, 7) is 3.98. The van der Waals surface area contributed by atoms with Crippen LogP contribution in [0.3, 0.4) is 0 Å². The number of benzene rings is 1. The van der Waals surface area contributed by atoms with E-state index < -0.39 is 0 Å². The van der Waals surface area contributed by atoms with E-state index in [2.05, 4.69) is 37.8 Å². The molecule has 4 heterocycles. The molecule has 0 fully saturated rings. The third-order valence-electron chi connectivity index (χ3n) is 5.06. The van der Waals surface area contributed by atoms with Crippen molar-refractivity contribution in [2.24, 2.45) is 0 Å². The Labute approximate surface area is 154 Å². The summed E-state index contributed by atoms with van der Waals surface area (Å²) in [5.41, 5.74) is 3.80. The van der Waals surface area contributed by atoms with Gasteiger partial charge in [0, 0.05) is 40.4 Å². The SMILES string of the molecule is Cc1c2cnn(-c3ccccn3)c(=O)c2c(C)n1-c1ccc2cc[nH]c2c1. The molecule has 1 aromatic carbocycles. The van der Waals surface area contributed by atoms with Gasteiger partial charge in [-0.1, -0.05) is 12.1 Å². The van der Waals surface area contributed by atoms with E-state index in [4.69, 9.17) is 0 Å². The van der Waals surface area contributed by atoms with Gasteiger partial charge in [0.15, 0.2) is 5.82 Å². The van der Waals surface area contributed by atoms with Gasteiger partial charge in [0.05, 0.1) is 11.6 Å². The summed E-state index contributed by atoms with van der Waals surface area (Å²) in [5, 5.41) is 7.03. The van der Waals surface area contributed by atoms with Crippen molar-refractivity contribution in [1.29, 1.82) is 0 Å². The Morgan fingerprint density at radius 2 is 1.93 bits per heavy atom. The Hall–Kier alpha value is -3.67. The maximum absolute atomic E-state index is 13.2. The molecule has 0 saturated carbocycles. The smallest absolute Gasteiger partial charge is 0.282 e. The number of fused-ring (bicyclic) bond motifs is 2. The number of aromatic amines is 1. The summed E-state index contributed by atoms with van der Waals surface area (Å²) in [4.78, 5) is 20.7. The number of nitrogens with one attached hydrogen (secondary N) is 1. The highest BCUT2D eigenvalue weighted by Gasteiger charge is 2.18. The highest BCUT2D eigenvalue weighted by atomic mass is 16.1. The summed E-state index contributed by atoms with van der Waals surface area (Å²) in [6.07, 6.45) is 5.33. The second kappa shape index (κ2) is 5.67. The zero-order chi connectivity index (χ0) is 18.5. The molecule has 0 aliphatic rings. The van der Waals surface area contributed by atoms with Gasteiger partial charge in [0.1, 0.15) is 0 Å². The number of rotatable bonds is 2. The van der Waals surface area contributed by atoms with Crippen molar-refractivity contribution in [2.75, 3.05) is 0 Å². The Morgan fingerprint density at radius 1 is 1.04 bits per heavy atom. The van der Waals surface area contributed by atoms with Crippen molar-refractivity contribution in [2.45, 2.75) is 13.8 Å². The van der Waals surface area contributed by atoms with E-state index in [9.17, 15) is 4.79 Å². The summed E-state index contributed by atoms with van der Waals surface area (Å²) in [6, 6.07) is 13.7. The van der Waals surface area contributed by atoms with Crippen molar-refractivity contribution in [3.8, 4) is 11.5 Å². The van der Waals surface area contributed by atoms with E-state index in [0.29, 0.717) is 11.2 Å². The standard InChI is InChI=1S/C21H17N5O/c1-13-17-12-24-26(19-5-3-4-9-23-19)21(27)20(17)14(2)25(13)16-7-6-15-8-10-22-18(15)11-16/h3-12,22H,1-2H3. The quantitative estimate of drug-likeness (QED) is 0.525. The first kappa shape index (κ1) is 15.6. The minimum atomic E-state index is -0.161. The van der Waals surface area contributed by atoms with Crippen LogP contribution < -0.4 is 5.56 Å². The molecule has 5 rings (SSSR count). The van der Waals surface area contributed by atoms with Gasteiger partial charge >= 0.3 is 0 Å². The normalized spacial score (nSPS) is 11.5. The van der Waals surface area contributed by atoms with Crippen LogP contribution in [0.5, 0.6) is 0 Å². The number of hydrogen-bond donors (Lipinski definition) is 1. The second-order valence-corrected chi connectivity index (χ2v) is 6.59. The first-order chi connectivity index (χ1) is 13.1. The first-order valence-corrected chi connectivity index (χ1v) is 8.74. The molecule has 0 aliphatic heterocycles. The Kier molecular flexibility index (Phi) is 3.27. The Balaban J connectivity index is 1.80. The van der Waals surface area contributed by atoms with Crippen molar-refractivity contribution in [3.63, 3.8) is 0 Å². The maximum Gasteiger partial charge on any atom is 0.282 e. The molecule has 0 aliphatic carbocycles. The fourth-order valence-corrected chi connectivity index (χ4v) is 3.77. The van der Waals surface area contributed by atoms with Crippen LogP contribution in [0.1, 0.15) is 11.4 Å². The van der Waals surface area contributed by atoms with E-state index in [1.807, 2.05) is 38.2 Å². The molecule has 1 N–H and O–H groups in total. The highest BCUT2D eigenvalue weighted by Crippen LogP contribution is 2.27. The van der Waals surface area contributed by atoms with Crippen LogP contribution in [-0.4, -0.2) is 24.3 Å². The molecule has 0 bridgehead atoms. The minimum absolute atomic E-state index is 0.161. The van der Waals surface area contributed by atoms with Crippen LogP contribution in [0.25, 0.3) is 33.2 Å². The third-order valence-corrected chi connectivity index (χ3v) is 5.06. The van der Waals surface area contributed by atoms with Crippen molar-refractivity contribution in [3.05, 3.63) is 82.8 Å². The number of pyridine rings is 1. The number of nitrogens with zero attached hydrogens (tertiary/aromatic N) is 4. The van der Waals surface area contributed by atoms with Gasteiger partial charge in [-0.3, -0.25) is 4.79 Å². The predicted molar refractivity (Wildman–Crippen MR) is 106 cm³/mol. The monoisotopic (exact) mass is 355 g/mol. The van der Waals surface area contributed by atoms with Gasteiger partial charge in [0.25, 0.3) is 5.56 Å². The Bertz CT molecular complexity index is 1360. The van der Waals surface area contributed by atoms with Crippen LogP contribution in [-0.2, 0) is 0 Å². The molecule has 0 saturated heterocycles. The molecule has 4 aromatic heterocycles. The molecule has 0 unspecified atom stereocenters. The lowest BCUT2D eigenvalue weighted by Crippen LogP contribution is -2.21. The minimum Gasteiger partial charge on any atom is -0.361 e. The first-order valence-electron chi connectivity index (χ1n) is 8.74. The molecule has 0 spiro atoms. The topological polar surface area (TPSA) is 68.5 Å². The Morgan fingerprint density at radius 3 is 2.74 bits per heavy atom. The molecule has 0 radical (unpaired) electrons. The van der Waals surface area contributed by atoms with E-state index in [-0.39, 0.29) is 5.56 Å². The molecular formula is C21H17N5O. The molecule has 5 aromatic rings. The summed E-state index contributed by atoms with van der Waals surface area (Å²) >= 11 is 0. The van der Waals surface area contributed by atoms with Gasteiger partial charge in [0.2, 0.25) is 0 Å². The second-order valence-electron chi connectivity index (χ2n) is 6.59. The molecule has 0 amide bonds. The summed E-state index contributed by atoms with van der Waals surface area (Å²) < 4.78 is 3.46. The number of aromatic nitrogens is 5. The van der Waals surface area contributed by atoms with E-state index in [0.717, 1.165) is 33.4 Å². The van der Waals surface area contributed by atoms with Gasteiger partial charge in [-0.2, -0.15) is 9.78 Å². The van der Waals surface area contributed by atoms with E-state index in [1.54, 1.807) is 18.5 Å². The maximum atomic E-state index is 13.2. The van der Waals surface area contributed by atoms with Gasteiger partial charge in [-0.25, -0.2) is 4.98 Å². The van der Waals surface area contributed by atoms with Crippen LogP contribution in [0.15, 0.2) is 65.8 Å². The fraction of sp³-hybridized carbons (Fsp3) is 0.0952. The predicted octanol–water partition coefficient (Wildman–Crippen LogP) is 3.67. The highest BCUT2D eigenvalue weighted by molar-refractivity contribution is 5.89. The van der Waals surface area contributed by atoms with E-state index >= 15 is 0 Å². The van der Waals surface area contributed by atoms with Crippen LogP contribution in [0.2, 0.25) is 0 Å². The largest absolute Gasteiger partial charge is 0.361 e. The van der Waals surface area contributed by atoms with Crippen LogP contribution >= 0.6 is 0 Å². The number of aryl methyl sites for hydroxylation is 2. The molecule has 132 valence electrons. The molecular weight excluding hydrogens is 338 g/mol. The lowest BCUT2D eigenvalue weighted by Gasteiger charge is -2.09.